The Morgan fingerprint density at radius 3 is 2.67 bits per heavy atom. The lowest BCUT2D eigenvalue weighted by Crippen LogP contribution is -2.44. The van der Waals surface area contributed by atoms with Crippen LogP contribution in [0.15, 0.2) is 30.3 Å². The van der Waals surface area contributed by atoms with E-state index in [1.807, 2.05) is 19.9 Å². The number of aliphatic hydroxyl groups excluding tert-OH is 1. The van der Waals surface area contributed by atoms with Crippen molar-refractivity contribution in [2.75, 3.05) is 0 Å². The van der Waals surface area contributed by atoms with E-state index in [1.54, 1.807) is 24.3 Å². The molecular formula is C14H18O4. The van der Waals surface area contributed by atoms with Gasteiger partial charge in [0.1, 0.15) is 0 Å². The van der Waals surface area contributed by atoms with Crippen molar-refractivity contribution in [2.45, 2.75) is 38.8 Å². The maximum Gasteiger partial charge on any atom is 0.338 e. The summed E-state index contributed by atoms with van der Waals surface area (Å²) in [5.41, 5.74) is 0.482. The minimum absolute atomic E-state index is 0.0216. The Kier molecular flexibility index (Phi) is 3.99. The first-order chi connectivity index (χ1) is 8.58. The maximum absolute atomic E-state index is 11.9. The van der Waals surface area contributed by atoms with Crippen molar-refractivity contribution in [2.24, 2.45) is 5.92 Å². The number of benzene rings is 1. The minimum Gasteiger partial charge on any atom is -0.453 e. The Hall–Kier alpha value is -1.39. The van der Waals surface area contributed by atoms with Crippen molar-refractivity contribution in [1.29, 1.82) is 0 Å². The van der Waals surface area contributed by atoms with Gasteiger partial charge in [-0.1, -0.05) is 25.1 Å². The number of carbonyl (C=O) groups excluding carboxylic acids is 1. The molecule has 0 aromatic heterocycles. The van der Waals surface area contributed by atoms with E-state index in [1.165, 1.54) is 0 Å². The van der Waals surface area contributed by atoms with Gasteiger partial charge in [0.15, 0.2) is 12.4 Å². The van der Waals surface area contributed by atoms with Gasteiger partial charge in [-0.25, -0.2) is 4.79 Å². The predicted molar refractivity (Wildman–Crippen MR) is 66.0 cm³/mol. The summed E-state index contributed by atoms with van der Waals surface area (Å²) >= 11 is 0. The third-order valence-electron chi connectivity index (χ3n) is 3.35. The molecule has 1 fully saturated rings. The largest absolute Gasteiger partial charge is 0.453 e. The second-order valence-corrected chi connectivity index (χ2v) is 4.75. The molecule has 1 heterocycles. The van der Waals surface area contributed by atoms with E-state index in [0.717, 1.165) is 0 Å². The third-order valence-corrected chi connectivity index (χ3v) is 3.35. The average Bonchev–Trinajstić information content (AvgIpc) is 2.37. The molecule has 98 valence electrons. The van der Waals surface area contributed by atoms with Crippen LogP contribution in [-0.4, -0.2) is 29.6 Å². The molecule has 4 atom stereocenters. The SMILES string of the molecule is CC1CC(OC(=O)c2ccccc2)C(O)OC1C. The van der Waals surface area contributed by atoms with Gasteiger partial charge in [0.25, 0.3) is 0 Å². The lowest BCUT2D eigenvalue weighted by molar-refractivity contribution is -0.226. The van der Waals surface area contributed by atoms with Crippen molar-refractivity contribution >= 4 is 5.97 Å². The standard InChI is InChI=1S/C14H18O4/c1-9-8-12(14(16)17-10(9)2)18-13(15)11-6-4-3-5-7-11/h3-7,9-10,12,14,16H,8H2,1-2H3. The molecular weight excluding hydrogens is 232 g/mol. The molecule has 0 amide bonds. The molecule has 18 heavy (non-hydrogen) atoms. The van der Waals surface area contributed by atoms with Gasteiger partial charge in [0, 0.05) is 0 Å². The number of hydrogen-bond donors (Lipinski definition) is 1. The minimum atomic E-state index is -1.04. The van der Waals surface area contributed by atoms with E-state index < -0.39 is 18.4 Å². The molecule has 4 heteroatoms. The Bertz CT molecular complexity index is 404. The first-order valence-electron chi connectivity index (χ1n) is 6.17. The van der Waals surface area contributed by atoms with Crippen LogP contribution in [0.5, 0.6) is 0 Å². The monoisotopic (exact) mass is 250 g/mol. The fraction of sp³-hybridized carbons (Fsp3) is 0.500. The molecule has 0 aliphatic carbocycles. The molecule has 1 N–H and O–H groups in total. The van der Waals surface area contributed by atoms with Crippen LogP contribution >= 0.6 is 0 Å². The van der Waals surface area contributed by atoms with Gasteiger partial charge in [-0.05, 0) is 31.4 Å². The Morgan fingerprint density at radius 1 is 1.33 bits per heavy atom. The summed E-state index contributed by atoms with van der Waals surface area (Å²) < 4.78 is 10.6. The van der Waals surface area contributed by atoms with Crippen LogP contribution in [0.3, 0.4) is 0 Å². The molecule has 4 unspecified atom stereocenters. The highest BCUT2D eigenvalue weighted by Crippen LogP contribution is 2.26. The van der Waals surface area contributed by atoms with E-state index in [9.17, 15) is 9.90 Å². The van der Waals surface area contributed by atoms with Crippen molar-refractivity contribution in [3.63, 3.8) is 0 Å². The quantitative estimate of drug-likeness (QED) is 0.815. The van der Waals surface area contributed by atoms with Gasteiger partial charge >= 0.3 is 5.97 Å². The number of rotatable bonds is 2. The second kappa shape index (κ2) is 5.50. The molecule has 0 bridgehead atoms. The number of carbonyl (C=O) groups is 1. The zero-order chi connectivity index (χ0) is 13.1. The Balaban J connectivity index is 1.99. The molecule has 1 aliphatic heterocycles. The third kappa shape index (κ3) is 2.89. The topological polar surface area (TPSA) is 55.8 Å². The van der Waals surface area contributed by atoms with Crippen molar-refractivity contribution < 1.29 is 19.4 Å². The lowest BCUT2D eigenvalue weighted by atomic mass is 9.95. The lowest BCUT2D eigenvalue weighted by Gasteiger charge is -2.35. The summed E-state index contributed by atoms with van der Waals surface area (Å²) in [7, 11) is 0. The maximum atomic E-state index is 11.9. The van der Waals surface area contributed by atoms with Crippen LogP contribution in [0.25, 0.3) is 0 Å². The molecule has 4 nitrogen and oxygen atoms in total. The molecule has 0 saturated carbocycles. The average molecular weight is 250 g/mol. The van der Waals surface area contributed by atoms with Gasteiger partial charge in [-0.15, -0.1) is 0 Å². The normalized spacial score (nSPS) is 31.9. The summed E-state index contributed by atoms with van der Waals surface area (Å²) in [6.07, 6.45) is -1.04. The number of aliphatic hydroxyl groups is 1. The Morgan fingerprint density at radius 2 is 2.00 bits per heavy atom. The van der Waals surface area contributed by atoms with Crippen LogP contribution < -0.4 is 0 Å². The van der Waals surface area contributed by atoms with Gasteiger partial charge in [0.2, 0.25) is 0 Å². The predicted octanol–water partition coefficient (Wildman–Crippen LogP) is 1.98. The second-order valence-electron chi connectivity index (χ2n) is 4.75. The highest BCUT2D eigenvalue weighted by Gasteiger charge is 2.35. The number of hydrogen-bond acceptors (Lipinski definition) is 4. The fourth-order valence-electron chi connectivity index (χ4n) is 2.00. The van der Waals surface area contributed by atoms with E-state index >= 15 is 0 Å². The molecule has 1 aliphatic rings. The summed E-state index contributed by atoms with van der Waals surface area (Å²) in [6.45, 7) is 3.92. The van der Waals surface area contributed by atoms with Gasteiger partial charge in [0.05, 0.1) is 11.7 Å². The first-order valence-corrected chi connectivity index (χ1v) is 6.17. The molecule has 2 rings (SSSR count). The summed E-state index contributed by atoms with van der Waals surface area (Å²) in [4.78, 5) is 11.9. The van der Waals surface area contributed by atoms with Crippen molar-refractivity contribution in [3.8, 4) is 0 Å². The zero-order valence-corrected chi connectivity index (χ0v) is 10.6. The van der Waals surface area contributed by atoms with Crippen LogP contribution in [-0.2, 0) is 9.47 Å². The Labute approximate surface area is 107 Å². The van der Waals surface area contributed by atoms with Gasteiger partial charge in [-0.3, -0.25) is 0 Å². The van der Waals surface area contributed by atoms with E-state index in [2.05, 4.69) is 0 Å². The number of ether oxygens (including phenoxy) is 2. The molecule has 0 spiro atoms. The summed E-state index contributed by atoms with van der Waals surface area (Å²) in [5, 5.41) is 9.75. The smallest absolute Gasteiger partial charge is 0.338 e. The molecule has 1 aromatic carbocycles. The van der Waals surface area contributed by atoms with Crippen LogP contribution in [0.1, 0.15) is 30.6 Å². The molecule has 0 radical (unpaired) electrons. The fourth-order valence-corrected chi connectivity index (χ4v) is 2.00. The summed E-state index contributed by atoms with van der Waals surface area (Å²) in [5.74, 6) is -0.174. The molecule has 1 aromatic rings. The molecule has 1 saturated heterocycles. The van der Waals surface area contributed by atoms with Gasteiger partial charge in [-0.2, -0.15) is 0 Å². The van der Waals surface area contributed by atoms with Gasteiger partial charge < -0.3 is 14.6 Å². The first kappa shape index (κ1) is 13.1. The van der Waals surface area contributed by atoms with Crippen molar-refractivity contribution in [3.05, 3.63) is 35.9 Å². The highest BCUT2D eigenvalue weighted by atomic mass is 16.6. The summed E-state index contributed by atoms with van der Waals surface area (Å²) in [6, 6.07) is 8.75. The number of esters is 1. The van der Waals surface area contributed by atoms with E-state index in [0.29, 0.717) is 12.0 Å². The van der Waals surface area contributed by atoms with E-state index in [4.69, 9.17) is 9.47 Å². The highest BCUT2D eigenvalue weighted by molar-refractivity contribution is 5.89. The van der Waals surface area contributed by atoms with E-state index in [-0.39, 0.29) is 12.0 Å². The zero-order valence-electron chi connectivity index (χ0n) is 10.6. The van der Waals surface area contributed by atoms with Crippen LogP contribution in [0.2, 0.25) is 0 Å². The van der Waals surface area contributed by atoms with Crippen LogP contribution in [0.4, 0.5) is 0 Å². The van der Waals surface area contributed by atoms with Crippen molar-refractivity contribution in [1.82, 2.24) is 0 Å². The van der Waals surface area contributed by atoms with Crippen LogP contribution in [0, 0.1) is 5.92 Å².